The zero-order valence-corrected chi connectivity index (χ0v) is 30.5. The molecule has 0 bridgehead atoms. The number of aromatic amines is 1. The number of esters is 1. The highest BCUT2D eigenvalue weighted by atomic mass is 35.5. The van der Waals surface area contributed by atoms with Crippen molar-refractivity contribution in [1.82, 2.24) is 9.80 Å². The van der Waals surface area contributed by atoms with Crippen molar-refractivity contribution < 1.29 is 51.5 Å². The molecule has 1 saturated carbocycles. The number of halogens is 4. The molecule has 3 aliphatic rings. The van der Waals surface area contributed by atoms with Gasteiger partial charge in [0.05, 0.1) is 18.1 Å². The molecule has 2 atom stereocenters. The van der Waals surface area contributed by atoms with Gasteiger partial charge < -0.3 is 24.6 Å². The first-order chi connectivity index (χ1) is 24.0. The van der Waals surface area contributed by atoms with Gasteiger partial charge in [0, 0.05) is 49.5 Å². The van der Waals surface area contributed by atoms with E-state index in [1.807, 2.05) is 12.1 Å². The summed E-state index contributed by atoms with van der Waals surface area (Å²) in [7, 11) is -2.98. The van der Waals surface area contributed by atoms with Crippen molar-refractivity contribution >= 4 is 56.7 Å². The summed E-state index contributed by atoms with van der Waals surface area (Å²) in [5, 5.41) is -0.327. The van der Waals surface area contributed by atoms with Crippen LogP contribution in [0.2, 0.25) is 10.0 Å². The summed E-state index contributed by atoms with van der Waals surface area (Å²) in [4.78, 5) is 33.9. The standard InChI is InChI=1S/C34H35Cl2F2N3O7S2.H2O/c35-26-17-39-18-27(36)25(26)16-29(24-7-8-28(48-34(37)38)30(15-24)46-20-22-1-2-22)47-33(43)32-41(9-12-49-32)31(42)23-5-3-21(4-6-23)19-40-10-13-50(44,45)14-11-40;/h3-8,15,17-18,22,29,32,34H,1-2,9-14,16,19-20H2;1H2/t29-,32-;/m0./s1. The van der Waals surface area contributed by atoms with E-state index in [4.69, 9.17) is 37.4 Å². The molecule has 1 amide bonds. The fourth-order valence-corrected chi connectivity index (χ4v) is 8.67. The minimum absolute atomic E-state index is 0. The Balaban J connectivity index is 0.00000504. The minimum atomic E-state index is -3.06. The topological polar surface area (TPSA) is 147 Å². The zero-order valence-electron chi connectivity index (χ0n) is 27.3. The molecule has 2 aliphatic heterocycles. The lowest BCUT2D eigenvalue weighted by Crippen LogP contribution is -2.41. The summed E-state index contributed by atoms with van der Waals surface area (Å²) in [6.07, 6.45) is 4.12. The summed E-state index contributed by atoms with van der Waals surface area (Å²) in [6.45, 7) is -0.923. The van der Waals surface area contributed by atoms with Crippen molar-refractivity contribution in [1.29, 1.82) is 0 Å². The van der Waals surface area contributed by atoms with Crippen LogP contribution in [0.1, 0.15) is 46.0 Å². The quantitative estimate of drug-likeness (QED) is 0.209. The van der Waals surface area contributed by atoms with Gasteiger partial charge in [0.15, 0.2) is 39.1 Å². The number of amides is 1. The van der Waals surface area contributed by atoms with Gasteiger partial charge >= 0.3 is 12.6 Å². The number of hydrogen-bond donors (Lipinski definition) is 0. The largest absolute Gasteiger partial charge is 0.870 e. The SMILES string of the molecule is O=C(O[C@@H](Cc1c(Cl)c[nH+]cc1Cl)c1ccc(OC(F)F)c(OCC2CC2)c1)[C@@H]1SCCN1C(=O)c1ccc(CN2CCS(=O)(=O)CC2)cc1.[OH-]. The third-order valence-corrected chi connectivity index (χ3v) is 12.2. The Morgan fingerprint density at radius 2 is 1.67 bits per heavy atom. The Bertz CT molecular complexity index is 1790. The highest BCUT2D eigenvalue weighted by molar-refractivity contribution is 8.00. The molecule has 1 aromatic heterocycles. The van der Waals surface area contributed by atoms with E-state index in [2.05, 4.69) is 9.88 Å². The first-order valence-electron chi connectivity index (χ1n) is 16.2. The average Bonchev–Trinajstić information content (AvgIpc) is 3.79. The Labute approximate surface area is 308 Å². The number of carbonyl (C=O) groups is 2. The van der Waals surface area contributed by atoms with Crippen molar-refractivity contribution in [3.8, 4) is 11.5 Å². The second-order valence-electron chi connectivity index (χ2n) is 12.4. The molecule has 1 aliphatic carbocycles. The zero-order chi connectivity index (χ0) is 35.4. The van der Waals surface area contributed by atoms with Crippen molar-refractivity contribution in [3.05, 3.63) is 87.2 Å². The predicted molar refractivity (Wildman–Crippen MR) is 186 cm³/mol. The van der Waals surface area contributed by atoms with Gasteiger partial charge in [-0.3, -0.25) is 9.69 Å². The molecule has 2 saturated heterocycles. The molecule has 276 valence electrons. The van der Waals surface area contributed by atoms with Crippen LogP contribution < -0.4 is 14.5 Å². The Hall–Kier alpha value is -3.21. The number of rotatable bonds is 13. The van der Waals surface area contributed by atoms with Crippen LogP contribution in [0, 0.1) is 5.92 Å². The average molecular weight is 789 g/mol. The van der Waals surface area contributed by atoms with Crippen LogP contribution in [0.4, 0.5) is 8.78 Å². The van der Waals surface area contributed by atoms with Crippen LogP contribution in [0.25, 0.3) is 0 Å². The van der Waals surface area contributed by atoms with Gasteiger partial charge in [-0.1, -0.05) is 41.4 Å². The molecule has 51 heavy (non-hydrogen) atoms. The lowest BCUT2D eigenvalue weighted by atomic mass is 10.0. The number of H-pyrrole nitrogens is 1. The molecule has 2 N–H and O–H groups in total. The first-order valence-corrected chi connectivity index (χ1v) is 19.8. The van der Waals surface area contributed by atoms with Crippen molar-refractivity contribution in [2.45, 2.75) is 43.9 Å². The maximum atomic E-state index is 13.9. The van der Waals surface area contributed by atoms with E-state index in [-0.39, 0.29) is 40.8 Å². The number of pyridine rings is 1. The highest BCUT2D eigenvalue weighted by Crippen LogP contribution is 2.38. The van der Waals surface area contributed by atoms with E-state index in [1.54, 1.807) is 24.5 Å². The summed E-state index contributed by atoms with van der Waals surface area (Å²) in [5.41, 5.74) is 2.28. The molecule has 6 rings (SSSR count). The number of hydrogen-bond acceptors (Lipinski definition) is 10. The summed E-state index contributed by atoms with van der Waals surface area (Å²) in [6, 6.07) is 11.5. The van der Waals surface area contributed by atoms with Crippen LogP contribution in [-0.4, -0.2) is 91.1 Å². The number of nitrogens with zero attached hydrogens (tertiary/aromatic N) is 2. The monoisotopic (exact) mass is 787 g/mol. The Morgan fingerprint density at radius 1 is 0.980 bits per heavy atom. The number of carbonyl (C=O) groups excluding carboxylic acids is 2. The fourth-order valence-electron chi connectivity index (χ4n) is 5.76. The van der Waals surface area contributed by atoms with Gasteiger partial charge in [0.2, 0.25) is 0 Å². The second-order valence-corrected chi connectivity index (χ2v) is 16.8. The van der Waals surface area contributed by atoms with E-state index < -0.39 is 33.9 Å². The number of ether oxygens (including phenoxy) is 3. The molecule has 17 heteroatoms. The summed E-state index contributed by atoms with van der Waals surface area (Å²) >= 11 is 14.2. The maximum Gasteiger partial charge on any atom is 0.387 e. The van der Waals surface area contributed by atoms with E-state index in [1.165, 1.54) is 34.9 Å². The van der Waals surface area contributed by atoms with Gasteiger partial charge in [-0.2, -0.15) is 8.78 Å². The number of nitrogens with one attached hydrogen (secondary N) is 1. The number of thioether (sulfide) groups is 1. The van der Waals surface area contributed by atoms with Crippen LogP contribution in [0.3, 0.4) is 0 Å². The molecule has 3 fully saturated rings. The number of aromatic nitrogens is 1. The third kappa shape index (κ3) is 10.2. The smallest absolute Gasteiger partial charge is 0.387 e. The Morgan fingerprint density at radius 3 is 2.31 bits per heavy atom. The molecule has 3 aromatic rings. The highest BCUT2D eigenvalue weighted by Gasteiger charge is 2.38. The lowest BCUT2D eigenvalue weighted by Gasteiger charge is -2.27. The van der Waals surface area contributed by atoms with Gasteiger partial charge in [-0.05, 0) is 54.2 Å². The van der Waals surface area contributed by atoms with E-state index in [9.17, 15) is 26.8 Å². The number of sulfone groups is 1. The lowest BCUT2D eigenvalue weighted by molar-refractivity contribution is -0.377. The third-order valence-electron chi connectivity index (χ3n) is 8.77. The van der Waals surface area contributed by atoms with Crippen LogP contribution >= 0.6 is 35.0 Å². The maximum absolute atomic E-state index is 13.9. The van der Waals surface area contributed by atoms with E-state index in [0.29, 0.717) is 71.2 Å². The molecular formula is C34H37Cl2F2N3O8S2. The summed E-state index contributed by atoms with van der Waals surface area (Å²) in [5.74, 6) is 0.0621. The predicted octanol–water partition coefficient (Wildman–Crippen LogP) is 5.29. The van der Waals surface area contributed by atoms with Gasteiger partial charge in [0.25, 0.3) is 5.91 Å². The first kappa shape index (κ1) is 39.0. The van der Waals surface area contributed by atoms with Crippen LogP contribution in [-0.2, 0) is 32.3 Å². The van der Waals surface area contributed by atoms with Gasteiger partial charge in [-0.15, -0.1) is 11.8 Å². The molecular weight excluding hydrogens is 751 g/mol. The fraction of sp³-hybridized carbons (Fsp3) is 0.441. The summed E-state index contributed by atoms with van der Waals surface area (Å²) < 4.78 is 66.7. The normalized spacial score (nSPS) is 19.3. The molecule has 2 aromatic carbocycles. The van der Waals surface area contributed by atoms with Crippen molar-refractivity contribution in [2.24, 2.45) is 5.92 Å². The molecule has 3 heterocycles. The van der Waals surface area contributed by atoms with E-state index in [0.717, 1.165) is 18.4 Å². The van der Waals surface area contributed by atoms with Gasteiger partial charge in [0.1, 0.15) is 16.1 Å². The Kier molecular flexibility index (Phi) is 13.1. The van der Waals surface area contributed by atoms with Crippen molar-refractivity contribution in [2.75, 3.05) is 43.5 Å². The minimum Gasteiger partial charge on any atom is -0.870 e. The molecule has 0 unspecified atom stereocenters. The number of benzene rings is 2. The molecule has 11 nitrogen and oxygen atoms in total. The van der Waals surface area contributed by atoms with Crippen LogP contribution in [0.15, 0.2) is 54.9 Å². The molecule has 0 spiro atoms. The van der Waals surface area contributed by atoms with E-state index >= 15 is 0 Å². The van der Waals surface area contributed by atoms with Gasteiger partial charge in [-0.25, -0.2) is 18.2 Å². The molecule has 0 radical (unpaired) electrons. The van der Waals surface area contributed by atoms with Crippen molar-refractivity contribution in [3.63, 3.8) is 0 Å². The number of alkyl halides is 2. The van der Waals surface area contributed by atoms with Crippen LogP contribution in [0.5, 0.6) is 11.5 Å². The second kappa shape index (κ2) is 17.1.